The van der Waals surface area contributed by atoms with Crippen LogP contribution in [0.4, 0.5) is 13.2 Å². The maximum Gasteiger partial charge on any atom is 0.435 e. The molecule has 3 N–H and O–H groups in total. The van der Waals surface area contributed by atoms with Crippen LogP contribution in [0, 0.1) is 0 Å². The van der Waals surface area contributed by atoms with Crippen LogP contribution in [0.25, 0.3) is 0 Å². The molecule has 1 aromatic heterocycles. The Morgan fingerprint density at radius 2 is 2.15 bits per heavy atom. The van der Waals surface area contributed by atoms with Crippen LogP contribution in [0.15, 0.2) is 6.07 Å². The predicted molar refractivity (Wildman–Crippen MR) is 41.0 cm³/mol. The summed E-state index contributed by atoms with van der Waals surface area (Å²) in [6, 6.07) is 1.01. The van der Waals surface area contributed by atoms with E-state index in [1.165, 1.54) is 0 Å². The van der Waals surface area contributed by atoms with E-state index in [1.807, 2.05) is 0 Å². The third-order valence-corrected chi connectivity index (χ3v) is 1.57. The highest BCUT2D eigenvalue weighted by Crippen LogP contribution is 2.27. The fraction of sp³-hybridized carbons (Fsp3) is 0.571. The summed E-state index contributed by atoms with van der Waals surface area (Å²) in [5.41, 5.74) is 4.81. The van der Waals surface area contributed by atoms with Crippen molar-refractivity contribution in [3.8, 4) is 0 Å². The summed E-state index contributed by atoms with van der Waals surface area (Å²) in [4.78, 5) is 0. The molecule has 0 amide bonds. The molecule has 13 heavy (non-hydrogen) atoms. The van der Waals surface area contributed by atoms with Gasteiger partial charge < -0.3 is 5.73 Å². The number of rotatable bonds is 3. The fourth-order valence-corrected chi connectivity index (χ4v) is 0.927. The first-order chi connectivity index (χ1) is 6.04. The van der Waals surface area contributed by atoms with Crippen molar-refractivity contribution in [2.24, 2.45) is 5.73 Å². The molecule has 0 saturated carbocycles. The zero-order valence-corrected chi connectivity index (χ0v) is 6.86. The van der Waals surface area contributed by atoms with Crippen molar-refractivity contribution in [2.45, 2.75) is 19.0 Å². The number of nitrogens with one attached hydrogen (secondary N) is 1. The highest BCUT2D eigenvalue weighted by atomic mass is 19.4. The Morgan fingerprint density at radius 3 is 2.62 bits per heavy atom. The van der Waals surface area contributed by atoms with Crippen molar-refractivity contribution in [2.75, 3.05) is 6.54 Å². The minimum absolute atomic E-state index is 0.459. The minimum atomic E-state index is -4.36. The number of nitrogens with two attached hydrogens (primary N) is 1. The molecule has 0 spiro atoms. The summed E-state index contributed by atoms with van der Waals surface area (Å²) < 4.78 is 36.0. The van der Waals surface area contributed by atoms with E-state index >= 15 is 0 Å². The van der Waals surface area contributed by atoms with Crippen LogP contribution in [-0.4, -0.2) is 16.7 Å². The summed E-state index contributed by atoms with van der Waals surface area (Å²) in [6.45, 7) is 0.459. The van der Waals surface area contributed by atoms with Crippen LogP contribution in [-0.2, 0) is 12.6 Å². The second kappa shape index (κ2) is 3.78. The lowest BCUT2D eigenvalue weighted by Crippen LogP contribution is -2.04. The summed E-state index contributed by atoms with van der Waals surface area (Å²) in [7, 11) is 0. The number of H-pyrrole nitrogens is 1. The Bertz CT molecular complexity index is 266. The number of aromatic nitrogens is 2. The molecule has 0 radical (unpaired) electrons. The molecule has 0 aliphatic heterocycles. The van der Waals surface area contributed by atoms with Gasteiger partial charge in [0.1, 0.15) is 0 Å². The van der Waals surface area contributed by atoms with E-state index in [2.05, 4.69) is 10.2 Å². The van der Waals surface area contributed by atoms with Gasteiger partial charge in [-0.3, -0.25) is 5.10 Å². The summed E-state index contributed by atoms with van der Waals surface area (Å²) in [5.74, 6) is 0. The van der Waals surface area contributed by atoms with E-state index in [9.17, 15) is 13.2 Å². The minimum Gasteiger partial charge on any atom is -0.330 e. The number of hydrogen-bond acceptors (Lipinski definition) is 2. The third-order valence-electron chi connectivity index (χ3n) is 1.57. The SMILES string of the molecule is NCCCc1cc(C(F)(F)F)n[nH]1. The van der Waals surface area contributed by atoms with Gasteiger partial charge in [0.25, 0.3) is 0 Å². The Balaban J connectivity index is 2.64. The van der Waals surface area contributed by atoms with Crippen LogP contribution in [0.5, 0.6) is 0 Å². The number of aryl methyl sites for hydroxylation is 1. The van der Waals surface area contributed by atoms with E-state index in [4.69, 9.17) is 5.73 Å². The van der Waals surface area contributed by atoms with E-state index in [0.29, 0.717) is 25.1 Å². The van der Waals surface area contributed by atoms with Gasteiger partial charge in [-0.25, -0.2) is 0 Å². The summed E-state index contributed by atoms with van der Waals surface area (Å²) >= 11 is 0. The molecule has 1 aromatic rings. The van der Waals surface area contributed by atoms with E-state index in [1.54, 1.807) is 0 Å². The highest BCUT2D eigenvalue weighted by molar-refractivity contribution is 5.11. The molecule has 0 aliphatic rings. The van der Waals surface area contributed by atoms with Gasteiger partial charge in [0.15, 0.2) is 5.69 Å². The molecule has 1 rings (SSSR count). The number of hydrogen-bond donors (Lipinski definition) is 2. The molecular formula is C7H10F3N3. The zero-order chi connectivity index (χ0) is 9.90. The first kappa shape index (κ1) is 10.0. The lowest BCUT2D eigenvalue weighted by Gasteiger charge is -1.98. The number of alkyl halides is 3. The maximum atomic E-state index is 12.0. The molecule has 1 heterocycles. The first-order valence-corrected chi connectivity index (χ1v) is 3.85. The van der Waals surface area contributed by atoms with Crippen LogP contribution in [0.1, 0.15) is 17.8 Å². The molecule has 0 unspecified atom stereocenters. The quantitative estimate of drug-likeness (QED) is 0.760. The van der Waals surface area contributed by atoms with Crippen LogP contribution in [0.2, 0.25) is 0 Å². The van der Waals surface area contributed by atoms with Crippen molar-refractivity contribution in [3.05, 3.63) is 17.5 Å². The van der Waals surface area contributed by atoms with Crippen LogP contribution >= 0.6 is 0 Å². The lowest BCUT2D eigenvalue weighted by molar-refractivity contribution is -0.141. The van der Waals surface area contributed by atoms with Crippen LogP contribution < -0.4 is 5.73 Å². The normalized spacial score (nSPS) is 12.0. The van der Waals surface area contributed by atoms with Gasteiger partial charge >= 0.3 is 6.18 Å². The molecule has 0 aliphatic carbocycles. The molecule has 0 aromatic carbocycles. The average Bonchev–Trinajstić information content (AvgIpc) is 2.47. The van der Waals surface area contributed by atoms with Gasteiger partial charge in [0, 0.05) is 5.69 Å². The Hall–Kier alpha value is -1.04. The largest absolute Gasteiger partial charge is 0.435 e. The first-order valence-electron chi connectivity index (χ1n) is 3.85. The molecule has 0 saturated heterocycles. The standard InChI is InChI=1S/C7H10F3N3/c8-7(9,10)6-4-5(12-13-6)2-1-3-11/h4H,1-3,11H2,(H,12,13). The van der Waals surface area contributed by atoms with E-state index < -0.39 is 11.9 Å². The van der Waals surface area contributed by atoms with Gasteiger partial charge in [-0.1, -0.05) is 0 Å². The predicted octanol–water partition coefficient (Wildman–Crippen LogP) is 1.32. The van der Waals surface area contributed by atoms with Gasteiger partial charge in [0.2, 0.25) is 0 Å². The molecule has 0 bridgehead atoms. The molecule has 3 nitrogen and oxygen atoms in total. The smallest absolute Gasteiger partial charge is 0.330 e. The average molecular weight is 193 g/mol. The van der Waals surface area contributed by atoms with Crippen molar-refractivity contribution in [3.63, 3.8) is 0 Å². The van der Waals surface area contributed by atoms with Crippen molar-refractivity contribution < 1.29 is 13.2 Å². The van der Waals surface area contributed by atoms with Gasteiger partial charge in [-0.15, -0.1) is 0 Å². The number of nitrogens with zero attached hydrogens (tertiary/aromatic N) is 1. The van der Waals surface area contributed by atoms with Crippen LogP contribution in [0.3, 0.4) is 0 Å². The maximum absolute atomic E-state index is 12.0. The summed E-state index contributed by atoms with van der Waals surface area (Å²) in [6.07, 6.45) is -3.21. The zero-order valence-electron chi connectivity index (χ0n) is 6.86. The highest BCUT2D eigenvalue weighted by Gasteiger charge is 2.33. The molecule has 0 fully saturated rings. The van der Waals surface area contributed by atoms with Gasteiger partial charge in [-0.05, 0) is 25.5 Å². The number of halogens is 3. The second-order valence-electron chi connectivity index (χ2n) is 2.67. The third kappa shape index (κ3) is 2.73. The molecule has 0 atom stereocenters. The van der Waals surface area contributed by atoms with Gasteiger partial charge in [0.05, 0.1) is 0 Å². The fourth-order valence-electron chi connectivity index (χ4n) is 0.927. The lowest BCUT2D eigenvalue weighted by atomic mass is 10.2. The van der Waals surface area contributed by atoms with E-state index in [0.717, 1.165) is 6.07 Å². The van der Waals surface area contributed by atoms with E-state index in [-0.39, 0.29) is 0 Å². The topological polar surface area (TPSA) is 54.7 Å². The monoisotopic (exact) mass is 193 g/mol. The Kier molecular flexibility index (Phi) is 2.92. The number of aromatic amines is 1. The van der Waals surface area contributed by atoms with Crippen molar-refractivity contribution in [1.29, 1.82) is 0 Å². The molecule has 74 valence electrons. The Morgan fingerprint density at radius 1 is 1.46 bits per heavy atom. The molecule has 6 heteroatoms. The van der Waals surface area contributed by atoms with Crippen molar-refractivity contribution in [1.82, 2.24) is 10.2 Å². The second-order valence-corrected chi connectivity index (χ2v) is 2.67. The van der Waals surface area contributed by atoms with Crippen molar-refractivity contribution >= 4 is 0 Å². The Labute approximate surface area is 73.1 Å². The summed E-state index contributed by atoms with van der Waals surface area (Å²) in [5, 5.41) is 5.47. The molecular weight excluding hydrogens is 183 g/mol. The van der Waals surface area contributed by atoms with Gasteiger partial charge in [-0.2, -0.15) is 18.3 Å².